The Morgan fingerprint density at radius 2 is 1.61 bits per heavy atom. The molecule has 3 nitrogen and oxygen atoms in total. The van der Waals surface area contributed by atoms with Gasteiger partial charge in [0.25, 0.3) is 0 Å². The summed E-state index contributed by atoms with van der Waals surface area (Å²) in [5, 5.41) is 2.90. The van der Waals surface area contributed by atoms with Gasteiger partial charge in [-0.05, 0) is 41.0 Å². The third-order valence-corrected chi connectivity index (χ3v) is 5.10. The molecule has 1 saturated carbocycles. The van der Waals surface area contributed by atoms with Crippen molar-refractivity contribution in [3.63, 3.8) is 0 Å². The Hall–Kier alpha value is -2.29. The monoisotopic (exact) mass is 307 g/mol. The molecule has 1 N–H and O–H groups in total. The molecule has 0 unspecified atom stereocenters. The van der Waals surface area contributed by atoms with Gasteiger partial charge in [0.05, 0.1) is 0 Å². The molecule has 3 heteroatoms. The van der Waals surface area contributed by atoms with Crippen LogP contribution in [0, 0.1) is 5.92 Å². The number of amides is 1. The van der Waals surface area contributed by atoms with Gasteiger partial charge in [-0.1, -0.05) is 55.0 Å². The van der Waals surface area contributed by atoms with Crippen molar-refractivity contribution in [2.24, 2.45) is 5.92 Å². The van der Waals surface area contributed by atoms with Gasteiger partial charge in [-0.2, -0.15) is 0 Å². The average molecular weight is 307 g/mol. The number of rotatable bonds is 4. The molecule has 0 heterocycles. The summed E-state index contributed by atoms with van der Waals surface area (Å²) >= 11 is 0. The van der Waals surface area contributed by atoms with Crippen LogP contribution in [0.5, 0.6) is 0 Å². The molecule has 0 aromatic heterocycles. The van der Waals surface area contributed by atoms with Gasteiger partial charge in [-0.3, -0.25) is 0 Å². The van der Waals surface area contributed by atoms with Gasteiger partial charge in [-0.15, -0.1) is 0 Å². The first kappa shape index (κ1) is 14.3. The van der Waals surface area contributed by atoms with E-state index in [1.807, 2.05) is 12.1 Å². The lowest BCUT2D eigenvalue weighted by atomic mass is 9.85. The Bertz CT molecular complexity index is 676. The van der Waals surface area contributed by atoms with E-state index < -0.39 is 0 Å². The van der Waals surface area contributed by atoms with Crippen LogP contribution in [-0.4, -0.2) is 19.2 Å². The summed E-state index contributed by atoms with van der Waals surface area (Å²) in [6.45, 7) is 1.14. The summed E-state index contributed by atoms with van der Waals surface area (Å²) in [4.78, 5) is 11.9. The van der Waals surface area contributed by atoms with Gasteiger partial charge in [-0.25, -0.2) is 4.79 Å². The number of fused-ring (bicyclic) bond motifs is 3. The van der Waals surface area contributed by atoms with E-state index in [0.29, 0.717) is 12.5 Å². The van der Waals surface area contributed by atoms with E-state index in [1.54, 1.807) is 0 Å². The van der Waals surface area contributed by atoms with Crippen molar-refractivity contribution in [1.82, 2.24) is 5.32 Å². The topological polar surface area (TPSA) is 38.3 Å². The molecule has 2 aliphatic rings. The molecule has 2 aromatic carbocycles. The van der Waals surface area contributed by atoms with Crippen LogP contribution in [0.1, 0.15) is 36.3 Å². The zero-order valence-electron chi connectivity index (χ0n) is 13.1. The molecule has 4 rings (SSSR count). The number of benzene rings is 2. The zero-order chi connectivity index (χ0) is 15.6. The lowest BCUT2D eigenvalue weighted by molar-refractivity contribution is 0.138. The summed E-state index contributed by atoms with van der Waals surface area (Å²) in [5.41, 5.74) is 5.01. The molecule has 0 spiro atoms. The highest BCUT2D eigenvalue weighted by Crippen LogP contribution is 2.44. The average Bonchev–Trinajstić information content (AvgIpc) is 2.86. The van der Waals surface area contributed by atoms with E-state index >= 15 is 0 Å². The number of hydrogen-bond donors (Lipinski definition) is 1. The summed E-state index contributed by atoms with van der Waals surface area (Å²) < 4.78 is 5.51. The molecule has 0 aliphatic heterocycles. The van der Waals surface area contributed by atoms with Gasteiger partial charge in [0, 0.05) is 12.5 Å². The number of alkyl carbamates (subject to hydrolysis) is 1. The summed E-state index contributed by atoms with van der Waals surface area (Å²) in [7, 11) is 0. The quantitative estimate of drug-likeness (QED) is 0.913. The summed E-state index contributed by atoms with van der Waals surface area (Å²) in [6, 6.07) is 16.8. The second kappa shape index (κ2) is 6.07. The first-order valence-corrected chi connectivity index (χ1v) is 8.42. The molecule has 2 aromatic rings. The van der Waals surface area contributed by atoms with E-state index in [9.17, 15) is 4.79 Å². The van der Waals surface area contributed by atoms with Crippen LogP contribution in [-0.2, 0) is 4.74 Å². The van der Waals surface area contributed by atoms with Crippen molar-refractivity contribution in [3.8, 4) is 11.1 Å². The first-order chi connectivity index (χ1) is 11.3. The predicted octanol–water partition coefficient (Wildman–Crippen LogP) is 4.33. The number of nitrogens with one attached hydrogen (secondary N) is 1. The molecule has 0 bridgehead atoms. The van der Waals surface area contributed by atoms with E-state index in [4.69, 9.17) is 4.74 Å². The molecule has 2 aliphatic carbocycles. The van der Waals surface area contributed by atoms with Crippen LogP contribution < -0.4 is 5.32 Å². The number of hydrogen-bond acceptors (Lipinski definition) is 2. The molecule has 0 radical (unpaired) electrons. The minimum absolute atomic E-state index is 0.136. The normalized spacial score (nSPS) is 16.3. The third kappa shape index (κ3) is 2.72. The second-order valence-corrected chi connectivity index (χ2v) is 6.50. The zero-order valence-corrected chi connectivity index (χ0v) is 13.1. The molecule has 1 amide bonds. The number of carbonyl (C=O) groups is 1. The van der Waals surface area contributed by atoms with Crippen molar-refractivity contribution in [2.45, 2.75) is 25.2 Å². The van der Waals surface area contributed by atoms with Gasteiger partial charge >= 0.3 is 6.09 Å². The number of ether oxygens (including phenoxy) is 1. The first-order valence-electron chi connectivity index (χ1n) is 8.42. The molecule has 118 valence electrons. The molecule has 0 saturated heterocycles. The molecule has 1 fully saturated rings. The highest BCUT2D eigenvalue weighted by atomic mass is 16.5. The second-order valence-electron chi connectivity index (χ2n) is 6.50. The Labute approximate surface area is 136 Å². The molecule has 0 atom stereocenters. The lowest BCUT2D eigenvalue weighted by Crippen LogP contribution is -2.33. The van der Waals surface area contributed by atoms with Crippen LogP contribution in [0.3, 0.4) is 0 Å². The van der Waals surface area contributed by atoms with Gasteiger partial charge < -0.3 is 10.1 Å². The Kier molecular flexibility index (Phi) is 3.78. The fraction of sp³-hybridized carbons (Fsp3) is 0.350. The van der Waals surface area contributed by atoms with Crippen LogP contribution >= 0.6 is 0 Å². The van der Waals surface area contributed by atoms with Crippen molar-refractivity contribution in [3.05, 3.63) is 59.7 Å². The van der Waals surface area contributed by atoms with Crippen molar-refractivity contribution >= 4 is 6.09 Å². The van der Waals surface area contributed by atoms with Crippen molar-refractivity contribution < 1.29 is 9.53 Å². The van der Waals surface area contributed by atoms with Crippen LogP contribution in [0.15, 0.2) is 48.5 Å². The van der Waals surface area contributed by atoms with Crippen LogP contribution in [0.2, 0.25) is 0 Å². The Morgan fingerprint density at radius 3 is 2.17 bits per heavy atom. The minimum Gasteiger partial charge on any atom is -0.449 e. The number of carbonyl (C=O) groups excluding carboxylic acids is 1. The third-order valence-electron chi connectivity index (χ3n) is 5.10. The SMILES string of the molecule is O=C(NCC1CCC1)OCC1c2ccccc2-c2ccccc21. The minimum atomic E-state index is -0.293. The lowest BCUT2D eigenvalue weighted by Gasteiger charge is -2.25. The standard InChI is InChI=1S/C20H21NO2/c22-20(21-12-14-6-5-7-14)23-13-19-17-10-3-1-8-15(17)16-9-2-4-11-18(16)19/h1-4,8-11,14,19H,5-7,12-13H2,(H,21,22). The Morgan fingerprint density at radius 1 is 1.00 bits per heavy atom. The predicted molar refractivity (Wildman–Crippen MR) is 90.4 cm³/mol. The molecule has 23 heavy (non-hydrogen) atoms. The van der Waals surface area contributed by atoms with Gasteiger partial charge in [0.2, 0.25) is 0 Å². The molecular weight excluding hydrogens is 286 g/mol. The van der Waals surface area contributed by atoms with Crippen LogP contribution in [0.25, 0.3) is 11.1 Å². The summed E-state index contributed by atoms with van der Waals surface area (Å²) in [6.07, 6.45) is 3.45. The Balaban J connectivity index is 1.45. The maximum Gasteiger partial charge on any atom is 0.407 e. The fourth-order valence-electron chi connectivity index (χ4n) is 3.57. The van der Waals surface area contributed by atoms with Gasteiger partial charge in [0.15, 0.2) is 0 Å². The maximum atomic E-state index is 11.9. The summed E-state index contributed by atoms with van der Waals surface area (Å²) in [5.74, 6) is 0.785. The highest BCUT2D eigenvalue weighted by Gasteiger charge is 2.29. The van der Waals surface area contributed by atoms with E-state index in [0.717, 1.165) is 6.54 Å². The molecular formula is C20H21NO2. The van der Waals surface area contributed by atoms with E-state index in [2.05, 4.69) is 41.7 Å². The van der Waals surface area contributed by atoms with Crippen LogP contribution in [0.4, 0.5) is 4.79 Å². The van der Waals surface area contributed by atoms with Gasteiger partial charge in [0.1, 0.15) is 6.61 Å². The maximum absolute atomic E-state index is 11.9. The smallest absolute Gasteiger partial charge is 0.407 e. The van der Waals surface area contributed by atoms with E-state index in [-0.39, 0.29) is 12.0 Å². The largest absolute Gasteiger partial charge is 0.449 e. The fourth-order valence-corrected chi connectivity index (χ4v) is 3.57. The van der Waals surface area contributed by atoms with Crippen molar-refractivity contribution in [1.29, 1.82) is 0 Å². The van der Waals surface area contributed by atoms with Crippen molar-refractivity contribution in [2.75, 3.05) is 13.2 Å². The highest BCUT2D eigenvalue weighted by molar-refractivity contribution is 5.79. The van der Waals surface area contributed by atoms with E-state index in [1.165, 1.54) is 41.5 Å².